The number of hydrogen-bond donors (Lipinski definition) is 0. The molecule has 2 heterocycles. The molecule has 0 radical (unpaired) electrons. The molecule has 1 fully saturated rings. The molecule has 1 aliphatic rings. The fourth-order valence-corrected chi connectivity index (χ4v) is 5.48. The van der Waals surface area contributed by atoms with E-state index in [0.29, 0.717) is 36.0 Å². The second kappa shape index (κ2) is 10.4. The fourth-order valence-electron chi connectivity index (χ4n) is 3.84. The summed E-state index contributed by atoms with van der Waals surface area (Å²) in [7, 11) is -3.20. The fraction of sp³-hybridized carbons (Fsp3) is 0.400. The molecule has 0 saturated heterocycles. The molecule has 0 N–H and O–H groups in total. The predicted molar refractivity (Wildman–Crippen MR) is 128 cm³/mol. The Hall–Kier alpha value is -3.20. The molecule has 1 unspecified atom stereocenters. The zero-order valence-corrected chi connectivity index (χ0v) is 20.2. The van der Waals surface area contributed by atoms with Gasteiger partial charge in [0.25, 0.3) is 0 Å². The normalized spacial score (nSPS) is 14.5. The van der Waals surface area contributed by atoms with E-state index in [0.717, 1.165) is 24.0 Å². The Morgan fingerprint density at radius 3 is 2.44 bits per heavy atom. The van der Waals surface area contributed by atoms with E-state index in [1.54, 1.807) is 18.6 Å². The second-order valence-electron chi connectivity index (χ2n) is 8.42. The van der Waals surface area contributed by atoms with Crippen LogP contribution in [0.15, 0.2) is 49.1 Å². The molecule has 1 atom stereocenters. The summed E-state index contributed by atoms with van der Waals surface area (Å²) in [5.74, 6) is -0.0782. The Morgan fingerprint density at radius 1 is 1.03 bits per heavy atom. The Kier molecular flexibility index (Phi) is 7.31. The van der Waals surface area contributed by atoms with E-state index in [1.165, 1.54) is 6.20 Å². The molecule has 3 aromatic rings. The van der Waals surface area contributed by atoms with Crippen LogP contribution in [-0.4, -0.2) is 46.0 Å². The van der Waals surface area contributed by atoms with Crippen LogP contribution in [0.4, 0.5) is 0 Å². The lowest BCUT2D eigenvalue weighted by molar-refractivity contribution is -0.120. The van der Waals surface area contributed by atoms with Crippen LogP contribution < -0.4 is 4.74 Å². The molecule has 0 bridgehead atoms. The number of rotatable bonds is 11. The quantitative estimate of drug-likeness (QED) is 0.408. The van der Waals surface area contributed by atoms with Gasteiger partial charge in [-0.3, -0.25) is 19.7 Å². The number of benzene rings is 1. The molecule has 1 aromatic carbocycles. The first-order chi connectivity index (χ1) is 16.4. The number of hydrogen-bond acceptors (Lipinski definition) is 8. The number of carbonyl (C=O) groups excluding carboxylic acids is 1. The summed E-state index contributed by atoms with van der Waals surface area (Å²) in [4.78, 5) is 30.4. The maximum Gasteiger partial charge on any atom is 0.232 e. The first-order valence-electron chi connectivity index (χ1n) is 11.5. The van der Waals surface area contributed by atoms with Crippen molar-refractivity contribution in [3.63, 3.8) is 0 Å². The summed E-state index contributed by atoms with van der Waals surface area (Å²) in [5, 5.41) is -0.253. The van der Waals surface area contributed by atoms with Crippen LogP contribution in [0.25, 0.3) is 11.3 Å². The number of nitrogens with zero attached hydrogens (tertiary/aromatic N) is 4. The average Bonchev–Trinajstić information content (AvgIpc) is 3.67. The van der Waals surface area contributed by atoms with Crippen LogP contribution in [0.3, 0.4) is 0 Å². The first-order valence-corrected chi connectivity index (χ1v) is 13.2. The van der Waals surface area contributed by atoms with Crippen molar-refractivity contribution in [2.75, 3.05) is 6.61 Å². The summed E-state index contributed by atoms with van der Waals surface area (Å²) in [6, 6.07) is 7.62. The molecular weight excluding hydrogens is 452 g/mol. The van der Waals surface area contributed by atoms with Gasteiger partial charge in [-0.15, -0.1) is 0 Å². The molecule has 0 amide bonds. The monoisotopic (exact) mass is 480 g/mol. The van der Waals surface area contributed by atoms with E-state index in [1.807, 2.05) is 38.1 Å². The van der Waals surface area contributed by atoms with Crippen LogP contribution in [0.1, 0.15) is 56.0 Å². The third-order valence-electron chi connectivity index (χ3n) is 5.77. The van der Waals surface area contributed by atoms with Gasteiger partial charge >= 0.3 is 0 Å². The number of aromatic nitrogens is 4. The van der Waals surface area contributed by atoms with Crippen molar-refractivity contribution in [3.05, 3.63) is 66.0 Å². The van der Waals surface area contributed by atoms with Gasteiger partial charge in [0, 0.05) is 24.4 Å². The number of sulfone groups is 1. The SMILES string of the molecule is CCOc1cncc(-c2ccc(CC(=O)C(CC)c3cncc(CS(=O)(=O)C4CC4)n3)cc2)n1. The summed E-state index contributed by atoms with van der Waals surface area (Å²) >= 11 is 0. The van der Waals surface area contributed by atoms with Crippen molar-refractivity contribution in [1.29, 1.82) is 0 Å². The van der Waals surface area contributed by atoms with Crippen molar-refractivity contribution in [3.8, 4) is 17.1 Å². The summed E-state index contributed by atoms with van der Waals surface area (Å²) < 4.78 is 30.1. The van der Waals surface area contributed by atoms with E-state index in [9.17, 15) is 13.2 Å². The Morgan fingerprint density at radius 2 is 1.76 bits per heavy atom. The minimum absolute atomic E-state index is 0.0184. The van der Waals surface area contributed by atoms with Gasteiger partial charge in [-0.25, -0.2) is 13.4 Å². The maximum atomic E-state index is 13.1. The largest absolute Gasteiger partial charge is 0.477 e. The third kappa shape index (κ3) is 5.83. The molecule has 1 saturated carbocycles. The molecule has 178 valence electrons. The molecule has 8 nitrogen and oxygen atoms in total. The van der Waals surface area contributed by atoms with Gasteiger partial charge in [0.1, 0.15) is 5.78 Å². The van der Waals surface area contributed by atoms with Crippen molar-refractivity contribution in [1.82, 2.24) is 19.9 Å². The van der Waals surface area contributed by atoms with Gasteiger partial charge < -0.3 is 4.74 Å². The second-order valence-corrected chi connectivity index (χ2v) is 10.7. The van der Waals surface area contributed by atoms with Crippen LogP contribution in [-0.2, 0) is 26.8 Å². The van der Waals surface area contributed by atoms with Crippen molar-refractivity contribution in [2.24, 2.45) is 0 Å². The van der Waals surface area contributed by atoms with E-state index < -0.39 is 15.8 Å². The van der Waals surface area contributed by atoms with Gasteiger partial charge in [0.2, 0.25) is 5.88 Å². The zero-order chi connectivity index (χ0) is 24.1. The molecule has 9 heteroatoms. The van der Waals surface area contributed by atoms with Crippen LogP contribution in [0, 0.1) is 0 Å². The zero-order valence-electron chi connectivity index (χ0n) is 19.3. The summed E-state index contributed by atoms with van der Waals surface area (Å²) in [6.45, 7) is 4.33. The predicted octanol–water partition coefficient (Wildman–Crippen LogP) is 3.71. The molecule has 0 spiro atoms. The lowest BCUT2D eigenvalue weighted by atomic mass is 9.92. The summed E-state index contributed by atoms with van der Waals surface area (Å²) in [5.41, 5.74) is 3.38. The van der Waals surface area contributed by atoms with E-state index in [4.69, 9.17) is 4.74 Å². The van der Waals surface area contributed by atoms with Crippen molar-refractivity contribution < 1.29 is 17.9 Å². The van der Waals surface area contributed by atoms with Crippen LogP contribution in [0.5, 0.6) is 5.88 Å². The highest BCUT2D eigenvalue weighted by Gasteiger charge is 2.36. The van der Waals surface area contributed by atoms with Crippen molar-refractivity contribution >= 4 is 15.6 Å². The van der Waals surface area contributed by atoms with E-state index in [2.05, 4.69) is 19.9 Å². The Labute approximate surface area is 199 Å². The van der Waals surface area contributed by atoms with E-state index >= 15 is 0 Å². The van der Waals surface area contributed by atoms with Crippen LogP contribution >= 0.6 is 0 Å². The number of ketones is 1. The Balaban J connectivity index is 1.45. The highest BCUT2D eigenvalue weighted by Crippen LogP contribution is 2.31. The number of ether oxygens (including phenoxy) is 1. The lowest BCUT2D eigenvalue weighted by Crippen LogP contribution is -2.18. The van der Waals surface area contributed by atoms with Gasteiger partial charge in [-0.2, -0.15) is 0 Å². The Bertz CT molecular complexity index is 1260. The highest BCUT2D eigenvalue weighted by atomic mass is 32.2. The standard InChI is InChI=1S/C25H28N4O4S/c1-3-21(23-14-26-12-19(28-23)16-34(31,32)20-9-10-20)24(30)11-17-5-7-18(8-6-17)22-13-27-15-25(29-22)33-4-2/h5-8,12-15,20-21H,3-4,9-11,16H2,1-2H3. The number of Topliss-reactive ketones (excluding diaryl/α,β-unsaturated/α-hetero) is 1. The van der Waals surface area contributed by atoms with Gasteiger partial charge in [0.15, 0.2) is 9.84 Å². The molecule has 4 rings (SSSR count). The molecule has 0 aliphatic heterocycles. The smallest absolute Gasteiger partial charge is 0.232 e. The topological polar surface area (TPSA) is 112 Å². The highest BCUT2D eigenvalue weighted by molar-refractivity contribution is 7.91. The summed E-state index contributed by atoms with van der Waals surface area (Å²) in [6.07, 6.45) is 8.52. The minimum atomic E-state index is -3.20. The maximum absolute atomic E-state index is 13.1. The first kappa shape index (κ1) is 23.9. The van der Waals surface area contributed by atoms with Crippen LogP contribution in [0.2, 0.25) is 0 Å². The molecule has 2 aromatic heterocycles. The molecule has 34 heavy (non-hydrogen) atoms. The van der Waals surface area contributed by atoms with Gasteiger partial charge in [-0.05, 0) is 31.7 Å². The molecular formula is C25H28N4O4S. The van der Waals surface area contributed by atoms with Crippen molar-refractivity contribution in [2.45, 2.75) is 56.5 Å². The van der Waals surface area contributed by atoms with Gasteiger partial charge in [-0.1, -0.05) is 31.2 Å². The third-order valence-corrected chi connectivity index (χ3v) is 7.96. The molecule has 1 aliphatic carbocycles. The minimum Gasteiger partial charge on any atom is -0.477 e. The lowest BCUT2D eigenvalue weighted by Gasteiger charge is -2.14. The average molecular weight is 481 g/mol. The van der Waals surface area contributed by atoms with Gasteiger partial charge in [0.05, 0.1) is 53.0 Å². The van der Waals surface area contributed by atoms with E-state index in [-0.39, 0.29) is 23.2 Å². The number of carbonyl (C=O) groups is 1.